The summed E-state index contributed by atoms with van der Waals surface area (Å²) in [4.78, 5) is 0. The number of hydrogen-bond donors (Lipinski definition) is 2. The van der Waals surface area contributed by atoms with Gasteiger partial charge in [0.25, 0.3) is 0 Å². The topological polar surface area (TPSA) is 77.4 Å². The number of rotatable bonds is 3. The van der Waals surface area contributed by atoms with Crippen LogP contribution in [0.4, 0.5) is 0 Å². The van der Waals surface area contributed by atoms with Crippen LogP contribution in [0.5, 0.6) is 0 Å². The number of hydrogen-bond acceptors (Lipinski definition) is 6. The van der Waals surface area contributed by atoms with E-state index in [4.69, 9.17) is 18.9 Å². The zero-order valence-corrected chi connectivity index (χ0v) is 14.3. The summed E-state index contributed by atoms with van der Waals surface area (Å²) in [7, 11) is 0. The minimum Gasteiger partial charge on any atom is -0.367 e. The van der Waals surface area contributed by atoms with Gasteiger partial charge in [-0.25, -0.2) is 0 Å². The van der Waals surface area contributed by atoms with Gasteiger partial charge in [-0.15, -0.1) is 0 Å². The Balaban J connectivity index is 1.45. The van der Waals surface area contributed by atoms with Gasteiger partial charge in [-0.2, -0.15) is 0 Å². The number of ether oxygens (including phenoxy) is 4. The molecule has 2 aliphatic rings. The Hall–Kier alpha value is -1.80. The molecule has 1 spiro atoms. The van der Waals surface area contributed by atoms with E-state index in [1.54, 1.807) is 0 Å². The van der Waals surface area contributed by atoms with Crippen LogP contribution in [-0.4, -0.2) is 49.1 Å². The van der Waals surface area contributed by atoms with Gasteiger partial charge in [0, 0.05) is 5.92 Å². The molecule has 0 saturated carbocycles. The average Bonchev–Trinajstić information content (AvgIpc) is 2.71. The minimum absolute atomic E-state index is 0.00465. The van der Waals surface area contributed by atoms with E-state index in [0.717, 1.165) is 11.1 Å². The maximum absolute atomic E-state index is 9.97. The molecule has 4 rings (SSSR count). The van der Waals surface area contributed by atoms with Crippen LogP contribution in [0.1, 0.15) is 17.0 Å². The van der Waals surface area contributed by atoms with Crippen LogP contribution < -0.4 is 0 Å². The molecule has 138 valence electrons. The summed E-state index contributed by atoms with van der Waals surface area (Å²) in [5.41, 5.74) is 0.764. The van der Waals surface area contributed by atoms with Crippen molar-refractivity contribution in [3.63, 3.8) is 0 Å². The molecule has 2 aromatic rings. The van der Waals surface area contributed by atoms with E-state index in [1.807, 2.05) is 60.7 Å². The van der Waals surface area contributed by atoms with Crippen molar-refractivity contribution in [3.05, 3.63) is 71.8 Å². The van der Waals surface area contributed by atoms with Gasteiger partial charge >= 0.3 is 6.16 Å². The molecule has 0 aliphatic carbocycles. The normalized spacial score (nSPS) is 32.0. The Morgan fingerprint density at radius 3 is 1.85 bits per heavy atom. The standard InChI is InChI=1S/C20H22O6/c21-18(22)19(17-9-5-2-6-10-17)13-25-20(26-14-19)23-11-16(12-24-20)15-7-3-1-4-8-15/h1-10,16,18,21-22H,11-14H2. The molecule has 26 heavy (non-hydrogen) atoms. The molecule has 0 atom stereocenters. The SMILES string of the molecule is OC(O)C1(c2ccccc2)COC2(OCC(c3ccccc3)CO2)OC1. The number of aliphatic hydroxyl groups is 2. The van der Waals surface area contributed by atoms with Gasteiger partial charge in [0.1, 0.15) is 0 Å². The molecule has 2 aromatic carbocycles. The number of aliphatic hydroxyl groups excluding tert-OH is 1. The zero-order chi connectivity index (χ0) is 18.0. The summed E-state index contributed by atoms with van der Waals surface area (Å²) in [6, 6.07) is 19.1. The van der Waals surface area contributed by atoms with E-state index in [0.29, 0.717) is 13.2 Å². The quantitative estimate of drug-likeness (QED) is 0.814. The third kappa shape index (κ3) is 3.16. The maximum atomic E-state index is 9.97. The minimum atomic E-state index is -1.64. The molecule has 0 aromatic heterocycles. The van der Waals surface area contributed by atoms with Crippen LogP contribution >= 0.6 is 0 Å². The lowest BCUT2D eigenvalue weighted by Gasteiger charge is -2.47. The summed E-state index contributed by atoms with van der Waals surface area (Å²) in [5.74, 6) is 0.0956. The van der Waals surface area contributed by atoms with Gasteiger partial charge in [0.05, 0.1) is 31.8 Å². The molecule has 0 amide bonds. The molecule has 0 bridgehead atoms. The van der Waals surface area contributed by atoms with Crippen molar-refractivity contribution in [1.82, 2.24) is 0 Å². The van der Waals surface area contributed by atoms with Crippen LogP contribution in [0.15, 0.2) is 60.7 Å². The molecule has 0 radical (unpaired) electrons. The van der Waals surface area contributed by atoms with E-state index in [1.165, 1.54) is 0 Å². The summed E-state index contributed by atoms with van der Waals surface area (Å²) in [5, 5.41) is 19.9. The first-order chi connectivity index (χ1) is 12.6. The average molecular weight is 358 g/mol. The van der Waals surface area contributed by atoms with Gasteiger partial charge in [-0.3, -0.25) is 0 Å². The van der Waals surface area contributed by atoms with E-state index in [-0.39, 0.29) is 19.1 Å². The smallest absolute Gasteiger partial charge is 0.367 e. The fraction of sp³-hybridized carbons (Fsp3) is 0.400. The predicted molar refractivity (Wildman–Crippen MR) is 92.1 cm³/mol. The van der Waals surface area contributed by atoms with Crippen molar-refractivity contribution in [2.24, 2.45) is 0 Å². The first-order valence-electron chi connectivity index (χ1n) is 8.66. The zero-order valence-electron chi connectivity index (χ0n) is 14.3. The second kappa shape index (κ2) is 7.08. The Morgan fingerprint density at radius 1 is 0.769 bits per heavy atom. The number of benzene rings is 2. The molecule has 2 N–H and O–H groups in total. The second-order valence-corrected chi connectivity index (χ2v) is 6.70. The van der Waals surface area contributed by atoms with E-state index >= 15 is 0 Å². The van der Waals surface area contributed by atoms with Crippen molar-refractivity contribution in [2.45, 2.75) is 23.8 Å². The third-order valence-electron chi connectivity index (χ3n) is 5.05. The van der Waals surface area contributed by atoms with Crippen molar-refractivity contribution < 1.29 is 29.2 Å². The highest BCUT2D eigenvalue weighted by Gasteiger charge is 2.53. The van der Waals surface area contributed by atoms with Gasteiger partial charge in [0.15, 0.2) is 6.29 Å². The van der Waals surface area contributed by atoms with Crippen LogP contribution in [0.3, 0.4) is 0 Å². The molecule has 0 unspecified atom stereocenters. The lowest BCUT2D eigenvalue weighted by Crippen LogP contribution is -2.60. The first kappa shape index (κ1) is 17.6. The molecule has 6 heteroatoms. The summed E-state index contributed by atoms with van der Waals surface area (Å²) in [6.07, 6.45) is -3.22. The maximum Gasteiger partial charge on any atom is 0.412 e. The summed E-state index contributed by atoms with van der Waals surface area (Å²) < 4.78 is 23.0. The Labute approximate surface area is 151 Å². The Kier molecular flexibility index (Phi) is 4.79. The molecule has 2 saturated heterocycles. The van der Waals surface area contributed by atoms with Crippen molar-refractivity contribution in [3.8, 4) is 0 Å². The highest BCUT2D eigenvalue weighted by atomic mass is 17.0. The lowest BCUT2D eigenvalue weighted by atomic mass is 9.80. The summed E-state index contributed by atoms with van der Waals surface area (Å²) in [6.45, 7) is 0.795. The predicted octanol–water partition coefficient (Wildman–Crippen LogP) is 1.72. The van der Waals surface area contributed by atoms with E-state index < -0.39 is 17.9 Å². The van der Waals surface area contributed by atoms with E-state index in [9.17, 15) is 10.2 Å². The molecular weight excluding hydrogens is 336 g/mol. The highest BCUT2D eigenvalue weighted by molar-refractivity contribution is 5.27. The van der Waals surface area contributed by atoms with Crippen molar-refractivity contribution >= 4 is 0 Å². The van der Waals surface area contributed by atoms with E-state index in [2.05, 4.69) is 0 Å². The lowest BCUT2D eigenvalue weighted by molar-refractivity contribution is -0.537. The Bertz CT molecular complexity index is 700. The second-order valence-electron chi connectivity index (χ2n) is 6.70. The van der Waals surface area contributed by atoms with Crippen LogP contribution in [-0.2, 0) is 24.4 Å². The fourth-order valence-corrected chi connectivity index (χ4v) is 3.33. The van der Waals surface area contributed by atoms with Gasteiger partial charge < -0.3 is 29.2 Å². The summed E-state index contributed by atoms with van der Waals surface area (Å²) >= 11 is 0. The first-order valence-corrected chi connectivity index (χ1v) is 8.66. The van der Waals surface area contributed by atoms with Gasteiger partial charge in [-0.05, 0) is 11.1 Å². The third-order valence-corrected chi connectivity index (χ3v) is 5.05. The molecule has 2 heterocycles. The monoisotopic (exact) mass is 358 g/mol. The van der Waals surface area contributed by atoms with Gasteiger partial charge in [-0.1, -0.05) is 60.7 Å². The van der Waals surface area contributed by atoms with Crippen LogP contribution in [0.25, 0.3) is 0 Å². The van der Waals surface area contributed by atoms with Crippen LogP contribution in [0.2, 0.25) is 0 Å². The van der Waals surface area contributed by atoms with Gasteiger partial charge in [0.2, 0.25) is 0 Å². The molecule has 2 aliphatic heterocycles. The molecule has 6 nitrogen and oxygen atoms in total. The molecular formula is C20H22O6. The highest BCUT2D eigenvalue weighted by Crippen LogP contribution is 2.39. The van der Waals surface area contributed by atoms with Crippen molar-refractivity contribution in [1.29, 1.82) is 0 Å². The fourth-order valence-electron chi connectivity index (χ4n) is 3.33. The Morgan fingerprint density at radius 2 is 1.31 bits per heavy atom. The van der Waals surface area contributed by atoms with Crippen molar-refractivity contribution in [2.75, 3.05) is 26.4 Å². The largest absolute Gasteiger partial charge is 0.412 e. The van der Waals surface area contributed by atoms with Crippen LogP contribution in [0, 0.1) is 0 Å². The molecule has 2 fully saturated rings.